The molecule has 0 radical (unpaired) electrons. The highest BCUT2D eigenvalue weighted by Gasteiger charge is 2.34. The van der Waals surface area contributed by atoms with Crippen LogP contribution in [0, 0.1) is 5.41 Å². The Balaban J connectivity index is 2.03. The standard InChI is InChI=1S/C13H23N3/c1-13(6-4-3-5-7-13)11(14-2)10-12-15-8-9-16-12/h8-9,11,14H,3-7,10H2,1-2H3,(H,15,16). The molecule has 1 aromatic heterocycles. The Morgan fingerprint density at radius 1 is 1.44 bits per heavy atom. The second-order valence-electron chi connectivity index (χ2n) is 5.30. The summed E-state index contributed by atoms with van der Waals surface area (Å²) in [5.74, 6) is 1.10. The fourth-order valence-corrected chi connectivity index (χ4v) is 3.01. The maximum Gasteiger partial charge on any atom is 0.107 e. The largest absolute Gasteiger partial charge is 0.349 e. The smallest absolute Gasteiger partial charge is 0.107 e. The summed E-state index contributed by atoms with van der Waals surface area (Å²) in [7, 11) is 2.08. The average Bonchev–Trinajstić information content (AvgIpc) is 2.79. The molecule has 1 aromatic rings. The first-order chi connectivity index (χ1) is 7.74. The van der Waals surface area contributed by atoms with E-state index in [1.807, 2.05) is 12.4 Å². The lowest BCUT2D eigenvalue weighted by molar-refractivity contribution is 0.148. The molecule has 3 nitrogen and oxygen atoms in total. The first-order valence-electron chi connectivity index (χ1n) is 6.40. The first-order valence-corrected chi connectivity index (χ1v) is 6.40. The van der Waals surface area contributed by atoms with Crippen LogP contribution in [-0.4, -0.2) is 23.1 Å². The fourth-order valence-electron chi connectivity index (χ4n) is 3.01. The van der Waals surface area contributed by atoms with Crippen LogP contribution in [0.4, 0.5) is 0 Å². The zero-order valence-electron chi connectivity index (χ0n) is 10.4. The van der Waals surface area contributed by atoms with Crippen molar-refractivity contribution in [3.63, 3.8) is 0 Å². The van der Waals surface area contributed by atoms with Crippen LogP contribution < -0.4 is 5.32 Å². The number of nitrogens with one attached hydrogen (secondary N) is 2. The van der Waals surface area contributed by atoms with E-state index in [0.717, 1.165) is 12.2 Å². The SMILES string of the molecule is CNC(Cc1ncc[nH]1)C1(C)CCCCC1. The van der Waals surface area contributed by atoms with Gasteiger partial charge in [-0.1, -0.05) is 26.2 Å². The molecule has 0 aliphatic heterocycles. The Labute approximate surface area is 98.1 Å². The number of imidazole rings is 1. The molecular formula is C13H23N3. The lowest BCUT2D eigenvalue weighted by Crippen LogP contribution is -2.44. The van der Waals surface area contributed by atoms with E-state index < -0.39 is 0 Å². The Morgan fingerprint density at radius 2 is 2.19 bits per heavy atom. The summed E-state index contributed by atoms with van der Waals surface area (Å²) in [4.78, 5) is 7.54. The van der Waals surface area contributed by atoms with E-state index in [4.69, 9.17) is 0 Å². The molecule has 0 bridgehead atoms. The zero-order valence-corrected chi connectivity index (χ0v) is 10.4. The molecule has 2 N–H and O–H groups in total. The number of hydrogen-bond acceptors (Lipinski definition) is 2. The number of nitrogens with zero attached hydrogens (tertiary/aromatic N) is 1. The zero-order chi connectivity index (χ0) is 11.4. The average molecular weight is 221 g/mol. The van der Waals surface area contributed by atoms with Crippen molar-refractivity contribution in [1.82, 2.24) is 15.3 Å². The third kappa shape index (κ3) is 2.46. The van der Waals surface area contributed by atoms with Crippen molar-refractivity contribution in [3.05, 3.63) is 18.2 Å². The molecule has 0 spiro atoms. The summed E-state index contributed by atoms with van der Waals surface area (Å²) in [6.07, 6.45) is 11.6. The predicted molar refractivity (Wildman–Crippen MR) is 66.3 cm³/mol. The number of rotatable bonds is 4. The third-order valence-electron chi connectivity index (χ3n) is 4.14. The summed E-state index contributed by atoms with van der Waals surface area (Å²) in [6, 6.07) is 0.541. The number of likely N-dealkylation sites (N-methyl/N-ethyl adjacent to an activating group) is 1. The molecule has 16 heavy (non-hydrogen) atoms. The van der Waals surface area contributed by atoms with E-state index in [1.54, 1.807) is 0 Å². The highest BCUT2D eigenvalue weighted by atomic mass is 14.9. The van der Waals surface area contributed by atoms with Crippen LogP contribution in [0.25, 0.3) is 0 Å². The van der Waals surface area contributed by atoms with E-state index in [0.29, 0.717) is 11.5 Å². The number of aromatic amines is 1. The van der Waals surface area contributed by atoms with Crippen molar-refractivity contribution in [3.8, 4) is 0 Å². The Hall–Kier alpha value is -0.830. The van der Waals surface area contributed by atoms with Gasteiger partial charge in [-0.25, -0.2) is 4.98 Å². The number of H-pyrrole nitrogens is 1. The van der Waals surface area contributed by atoms with E-state index in [-0.39, 0.29) is 0 Å². The van der Waals surface area contributed by atoms with Gasteiger partial charge in [0, 0.05) is 24.9 Å². The second-order valence-corrected chi connectivity index (χ2v) is 5.30. The molecule has 1 saturated carbocycles. The van der Waals surface area contributed by atoms with E-state index >= 15 is 0 Å². The van der Waals surface area contributed by atoms with Gasteiger partial charge in [-0.05, 0) is 25.3 Å². The van der Waals surface area contributed by atoms with Gasteiger partial charge in [0.1, 0.15) is 5.82 Å². The van der Waals surface area contributed by atoms with Gasteiger partial charge in [0.2, 0.25) is 0 Å². The number of hydrogen-bond donors (Lipinski definition) is 2. The predicted octanol–water partition coefficient (Wildman–Crippen LogP) is 2.51. The van der Waals surface area contributed by atoms with Crippen molar-refractivity contribution >= 4 is 0 Å². The van der Waals surface area contributed by atoms with Gasteiger partial charge in [0.25, 0.3) is 0 Å². The van der Waals surface area contributed by atoms with Crippen molar-refractivity contribution in [2.45, 2.75) is 51.5 Å². The maximum absolute atomic E-state index is 4.33. The van der Waals surface area contributed by atoms with Crippen molar-refractivity contribution in [2.24, 2.45) is 5.41 Å². The summed E-state index contributed by atoms with van der Waals surface area (Å²) < 4.78 is 0. The summed E-state index contributed by atoms with van der Waals surface area (Å²) in [6.45, 7) is 2.43. The van der Waals surface area contributed by atoms with Crippen LogP contribution in [0.1, 0.15) is 44.9 Å². The van der Waals surface area contributed by atoms with Gasteiger partial charge in [-0.15, -0.1) is 0 Å². The van der Waals surface area contributed by atoms with Crippen LogP contribution in [0.3, 0.4) is 0 Å². The number of aromatic nitrogens is 2. The quantitative estimate of drug-likeness (QED) is 0.820. The first kappa shape index (κ1) is 11.6. The van der Waals surface area contributed by atoms with Crippen LogP contribution in [0.5, 0.6) is 0 Å². The molecule has 1 fully saturated rings. The monoisotopic (exact) mass is 221 g/mol. The minimum Gasteiger partial charge on any atom is -0.349 e. The van der Waals surface area contributed by atoms with Crippen LogP contribution in [0.2, 0.25) is 0 Å². The lowest BCUT2D eigenvalue weighted by atomic mass is 9.69. The van der Waals surface area contributed by atoms with E-state index in [9.17, 15) is 0 Å². The molecule has 3 heteroatoms. The molecule has 2 rings (SSSR count). The topological polar surface area (TPSA) is 40.7 Å². The third-order valence-corrected chi connectivity index (χ3v) is 4.14. The molecule has 1 aliphatic rings. The second kappa shape index (κ2) is 5.00. The molecule has 1 heterocycles. The van der Waals surface area contributed by atoms with Gasteiger partial charge in [-0.3, -0.25) is 0 Å². The Morgan fingerprint density at radius 3 is 2.75 bits per heavy atom. The maximum atomic E-state index is 4.33. The van der Waals surface area contributed by atoms with Gasteiger partial charge >= 0.3 is 0 Å². The highest BCUT2D eigenvalue weighted by molar-refractivity contribution is 4.98. The normalized spacial score (nSPS) is 21.9. The molecule has 0 aromatic carbocycles. The summed E-state index contributed by atoms with van der Waals surface area (Å²) >= 11 is 0. The van der Waals surface area contributed by atoms with Gasteiger partial charge in [-0.2, -0.15) is 0 Å². The molecule has 1 aliphatic carbocycles. The Bertz CT molecular complexity index is 299. The molecular weight excluding hydrogens is 198 g/mol. The minimum absolute atomic E-state index is 0.444. The van der Waals surface area contributed by atoms with E-state index in [2.05, 4.69) is 29.3 Å². The van der Waals surface area contributed by atoms with Crippen molar-refractivity contribution in [2.75, 3.05) is 7.05 Å². The highest BCUT2D eigenvalue weighted by Crippen LogP contribution is 2.39. The van der Waals surface area contributed by atoms with Gasteiger partial charge in [0.15, 0.2) is 0 Å². The Kier molecular flexibility index (Phi) is 3.64. The summed E-state index contributed by atoms with van der Waals surface area (Å²) in [5.41, 5.74) is 0.444. The fraction of sp³-hybridized carbons (Fsp3) is 0.769. The van der Waals surface area contributed by atoms with E-state index in [1.165, 1.54) is 32.1 Å². The molecule has 0 saturated heterocycles. The van der Waals surface area contributed by atoms with Crippen LogP contribution >= 0.6 is 0 Å². The van der Waals surface area contributed by atoms with Crippen LogP contribution in [-0.2, 0) is 6.42 Å². The van der Waals surface area contributed by atoms with Gasteiger partial charge in [0.05, 0.1) is 0 Å². The van der Waals surface area contributed by atoms with Crippen LogP contribution in [0.15, 0.2) is 12.4 Å². The summed E-state index contributed by atoms with van der Waals surface area (Å²) in [5, 5.41) is 3.49. The molecule has 90 valence electrons. The van der Waals surface area contributed by atoms with Crippen molar-refractivity contribution < 1.29 is 0 Å². The van der Waals surface area contributed by atoms with Crippen molar-refractivity contribution in [1.29, 1.82) is 0 Å². The lowest BCUT2D eigenvalue weighted by Gasteiger charge is -2.40. The molecule has 0 amide bonds. The molecule has 1 atom stereocenters. The minimum atomic E-state index is 0.444. The molecule has 1 unspecified atom stereocenters. The van der Waals surface area contributed by atoms with Gasteiger partial charge < -0.3 is 10.3 Å².